The molecule has 1 heterocycles. The molecular formula is C22H35N3O2. The number of likely N-dealkylation sites (tertiary alicyclic amines) is 1. The zero-order valence-corrected chi connectivity index (χ0v) is 17.3. The SMILES string of the molecule is CC1CCC(C(C)C)N(C(=O)CCNC(=O)N(C)Cc2ccccc2)CC1. The first kappa shape index (κ1) is 21.3. The summed E-state index contributed by atoms with van der Waals surface area (Å²) >= 11 is 0. The third kappa shape index (κ3) is 6.56. The molecule has 27 heavy (non-hydrogen) atoms. The highest BCUT2D eigenvalue weighted by Crippen LogP contribution is 2.26. The van der Waals surface area contributed by atoms with Crippen LogP contribution in [0.5, 0.6) is 0 Å². The summed E-state index contributed by atoms with van der Waals surface area (Å²) in [6, 6.07) is 10.1. The summed E-state index contributed by atoms with van der Waals surface area (Å²) in [4.78, 5) is 28.7. The number of benzene rings is 1. The second-order valence-corrected chi connectivity index (χ2v) is 8.19. The van der Waals surface area contributed by atoms with Crippen LogP contribution in [-0.2, 0) is 11.3 Å². The Morgan fingerprint density at radius 2 is 1.89 bits per heavy atom. The van der Waals surface area contributed by atoms with Crippen molar-refractivity contribution in [2.45, 2.75) is 59.0 Å². The van der Waals surface area contributed by atoms with Crippen molar-refractivity contribution in [1.29, 1.82) is 0 Å². The number of hydrogen-bond acceptors (Lipinski definition) is 2. The van der Waals surface area contributed by atoms with Gasteiger partial charge in [-0.05, 0) is 36.7 Å². The fraction of sp³-hybridized carbons (Fsp3) is 0.636. The molecule has 0 spiro atoms. The van der Waals surface area contributed by atoms with Gasteiger partial charge in [0.05, 0.1) is 0 Å². The molecule has 5 nitrogen and oxygen atoms in total. The van der Waals surface area contributed by atoms with Crippen molar-refractivity contribution in [3.05, 3.63) is 35.9 Å². The Labute approximate surface area is 164 Å². The van der Waals surface area contributed by atoms with Crippen molar-refractivity contribution in [1.82, 2.24) is 15.1 Å². The summed E-state index contributed by atoms with van der Waals surface area (Å²) in [6.45, 7) is 8.44. The molecule has 0 aliphatic carbocycles. The van der Waals surface area contributed by atoms with Gasteiger partial charge >= 0.3 is 6.03 Å². The Balaban J connectivity index is 1.80. The topological polar surface area (TPSA) is 52.7 Å². The van der Waals surface area contributed by atoms with Gasteiger partial charge in [0, 0.05) is 39.1 Å². The molecule has 1 aliphatic heterocycles. The zero-order valence-electron chi connectivity index (χ0n) is 17.3. The lowest BCUT2D eigenvalue weighted by molar-refractivity contribution is -0.134. The lowest BCUT2D eigenvalue weighted by Crippen LogP contribution is -2.44. The first-order chi connectivity index (χ1) is 12.9. The second kappa shape index (κ2) is 10.3. The molecule has 150 valence electrons. The van der Waals surface area contributed by atoms with E-state index in [9.17, 15) is 9.59 Å². The molecule has 1 saturated heterocycles. The summed E-state index contributed by atoms with van der Waals surface area (Å²) in [5, 5.41) is 2.88. The highest BCUT2D eigenvalue weighted by Gasteiger charge is 2.29. The van der Waals surface area contributed by atoms with Crippen molar-refractivity contribution in [2.24, 2.45) is 11.8 Å². The molecule has 0 saturated carbocycles. The van der Waals surface area contributed by atoms with Crippen LogP contribution in [0.3, 0.4) is 0 Å². The van der Waals surface area contributed by atoms with E-state index < -0.39 is 0 Å². The van der Waals surface area contributed by atoms with Crippen LogP contribution in [-0.4, -0.2) is 47.9 Å². The van der Waals surface area contributed by atoms with E-state index in [0.717, 1.165) is 24.9 Å². The maximum absolute atomic E-state index is 12.8. The minimum absolute atomic E-state index is 0.142. The average molecular weight is 374 g/mol. The molecule has 5 heteroatoms. The summed E-state index contributed by atoms with van der Waals surface area (Å²) in [5.41, 5.74) is 1.09. The van der Waals surface area contributed by atoms with Crippen LogP contribution in [0.25, 0.3) is 0 Å². The number of urea groups is 1. The molecule has 3 amide bonds. The van der Waals surface area contributed by atoms with E-state index in [4.69, 9.17) is 0 Å². The Kier molecular flexibility index (Phi) is 8.14. The molecule has 1 aliphatic rings. The van der Waals surface area contributed by atoms with E-state index in [0.29, 0.717) is 37.4 Å². The van der Waals surface area contributed by atoms with E-state index in [1.807, 2.05) is 30.3 Å². The number of hydrogen-bond donors (Lipinski definition) is 1. The summed E-state index contributed by atoms with van der Waals surface area (Å²) < 4.78 is 0. The number of nitrogens with one attached hydrogen (secondary N) is 1. The Morgan fingerprint density at radius 3 is 2.56 bits per heavy atom. The third-order valence-corrected chi connectivity index (χ3v) is 5.53. The van der Waals surface area contributed by atoms with E-state index in [-0.39, 0.29) is 11.9 Å². The van der Waals surface area contributed by atoms with Crippen LogP contribution in [0.2, 0.25) is 0 Å². The van der Waals surface area contributed by atoms with Gasteiger partial charge in [0.1, 0.15) is 0 Å². The fourth-order valence-electron chi connectivity index (χ4n) is 3.77. The minimum Gasteiger partial charge on any atom is -0.339 e. The van der Waals surface area contributed by atoms with Gasteiger partial charge in [0.25, 0.3) is 0 Å². The lowest BCUT2D eigenvalue weighted by atomic mass is 9.95. The first-order valence-electron chi connectivity index (χ1n) is 10.2. The average Bonchev–Trinajstić information content (AvgIpc) is 2.84. The predicted molar refractivity (Wildman–Crippen MR) is 109 cm³/mol. The van der Waals surface area contributed by atoms with E-state index in [2.05, 4.69) is 31.0 Å². The molecular weight excluding hydrogens is 338 g/mol. The molecule has 1 N–H and O–H groups in total. The molecule has 0 bridgehead atoms. The lowest BCUT2D eigenvalue weighted by Gasteiger charge is -2.33. The van der Waals surface area contributed by atoms with E-state index in [1.165, 1.54) is 6.42 Å². The van der Waals surface area contributed by atoms with Crippen LogP contribution in [0.15, 0.2) is 30.3 Å². The van der Waals surface area contributed by atoms with Crippen molar-refractivity contribution >= 4 is 11.9 Å². The van der Waals surface area contributed by atoms with Gasteiger partial charge in [0.15, 0.2) is 0 Å². The Morgan fingerprint density at radius 1 is 1.19 bits per heavy atom. The van der Waals surface area contributed by atoms with Crippen molar-refractivity contribution in [3.8, 4) is 0 Å². The van der Waals surface area contributed by atoms with Gasteiger partial charge in [-0.15, -0.1) is 0 Å². The molecule has 1 aromatic carbocycles. The number of carbonyl (C=O) groups excluding carboxylic acids is 2. The maximum Gasteiger partial charge on any atom is 0.317 e. The molecule has 2 rings (SSSR count). The summed E-state index contributed by atoms with van der Waals surface area (Å²) in [5.74, 6) is 1.30. The minimum atomic E-state index is -0.142. The van der Waals surface area contributed by atoms with Gasteiger partial charge in [-0.3, -0.25) is 4.79 Å². The van der Waals surface area contributed by atoms with Crippen LogP contribution in [0.4, 0.5) is 4.79 Å². The number of rotatable bonds is 6. The van der Waals surface area contributed by atoms with Gasteiger partial charge < -0.3 is 15.1 Å². The fourth-order valence-corrected chi connectivity index (χ4v) is 3.77. The van der Waals surface area contributed by atoms with Crippen LogP contribution < -0.4 is 5.32 Å². The highest BCUT2D eigenvalue weighted by molar-refractivity contribution is 5.78. The summed E-state index contributed by atoms with van der Waals surface area (Å²) in [7, 11) is 1.77. The molecule has 2 atom stereocenters. The standard InChI is InChI=1S/C22H35N3O2/c1-17(2)20-11-10-18(3)13-15-25(20)21(26)12-14-23-22(27)24(4)16-19-8-6-5-7-9-19/h5-9,17-18,20H,10-16H2,1-4H3,(H,23,27). The Bertz CT molecular complexity index is 603. The molecule has 2 unspecified atom stereocenters. The van der Waals surface area contributed by atoms with Gasteiger partial charge in [-0.2, -0.15) is 0 Å². The van der Waals surface area contributed by atoms with Crippen LogP contribution >= 0.6 is 0 Å². The first-order valence-corrected chi connectivity index (χ1v) is 10.2. The van der Waals surface area contributed by atoms with Gasteiger partial charge in [0.2, 0.25) is 5.91 Å². The maximum atomic E-state index is 12.8. The molecule has 0 radical (unpaired) electrons. The summed E-state index contributed by atoms with van der Waals surface area (Å²) in [6.07, 6.45) is 3.70. The largest absolute Gasteiger partial charge is 0.339 e. The zero-order chi connectivity index (χ0) is 19.8. The van der Waals surface area contributed by atoms with E-state index in [1.54, 1.807) is 11.9 Å². The third-order valence-electron chi connectivity index (χ3n) is 5.53. The second-order valence-electron chi connectivity index (χ2n) is 8.19. The van der Waals surface area contributed by atoms with Crippen molar-refractivity contribution < 1.29 is 9.59 Å². The monoisotopic (exact) mass is 373 g/mol. The van der Waals surface area contributed by atoms with Crippen LogP contribution in [0.1, 0.15) is 52.0 Å². The number of nitrogens with zero attached hydrogens (tertiary/aromatic N) is 2. The number of amides is 3. The molecule has 1 aromatic rings. The predicted octanol–water partition coefficient (Wildman–Crippen LogP) is 3.89. The van der Waals surface area contributed by atoms with Crippen LogP contribution in [0, 0.1) is 11.8 Å². The Hall–Kier alpha value is -2.04. The molecule has 1 fully saturated rings. The van der Waals surface area contributed by atoms with Gasteiger partial charge in [-0.25, -0.2) is 4.79 Å². The smallest absolute Gasteiger partial charge is 0.317 e. The van der Waals surface area contributed by atoms with Gasteiger partial charge in [-0.1, -0.05) is 51.1 Å². The van der Waals surface area contributed by atoms with E-state index >= 15 is 0 Å². The van der Waals surface area contributed by atoms with Crippen molar-refractivity contribution in [3.63, 3.8) is 0 Å². The normalized spacial score (nSPS) is 20.3. The number of carbonyl (C=O) groups is 2. The quantitative estimate of drug-likeness (QED) is 0.822. The highest BCUT2D eigenvalue weighted by atomic mass is 16.2. The molecule has 0 aromatic heterocycles. The van der Waals surface area contributed by atoms with Crippen molar-refractivity contribution in [2.75, 3.05) is 20.1 Å².